The van der Waals surface area contributed by atoms with Crippen molar-refractivity contribution in [2.75, 3.05) is 31.1 Å². The Kier molecular flexibility index (Phi) is 3.57. The molecule has 0 spiro atoms. The number of amides is 1. The van der Waals surface area contributed by atoms with Gasteiger partial charge in [0.25, 0.3) is 11.5 Å². The van der Waals surface area contributed by atoms with Crippen LogP contribution in [0.1, 0.15) is 10.4 Å². The smallest absolute Gasteiger partial charge is 0.263 e. The maximum Gasteiger partial charge on any atom is 0.263 e. The number of hydrogen-bond acceptors (Lipinski definition) is 6. The molecule has 0 unspecified atom stereocenters. The van der Waals surface area contributed by atoms with Crippen molar-refractivity contribution < 1.29 is 4.79 Å². The van der Waals surface area contributed by atoms with E-state index < -0.39 is 0 Å². The molecule has 9 heteroatoms. The van der Waals surface area contributed by atoms with Gasteiger partial charge in [-0.2, -0.15) is 21.4 Å². The largest absolute Gasteiger partial charge is 0.339 e. The summed E-state index contributed by atoms with van der Waals surface area (Å²) in [4.78, 5) is 35.7. The molecule has 3 aromatic heterocycles. The standard InChI is InChI=1S/C15H16N6O2S/c1-19-12-11(8-16-19)13(22)18-15(17-12)21-5-3-20(4-6-21)14(23)10-2-7-24-9-10/h2,7-9H,3-6H2,1H3,(H,17,18,22). The third-order valence-electron chi connectivity index (χ3n) is 4.22. The van der Waals surface area contributed by atoms with Gasteiger partial charge in [-0.25, -0.2) is 0 Å². The van der Waals surface area contributed by atoms with Crippen LogP contribution in [0.5, 0.6) is 0 Å². The Hall–Kier alpha value is -2.68. The van der Waals surface area contributed by atoms with Crippen LogP contribution in [0.2, 0.25) is 0 Å². The zero-order chi connectivity index (χ0) is 16.7. The SMILES string of the molecule is Cn1ncc2c(=O)[nH]c(N3CCN(C(=O)c4ccsc4)CC3)nc21. The summed E-state index contributed by atoms with van der Waals surface area (Å²) in [6.07, 6.45) is 1.52. The molecule has 1 aliphatic heterocycles. The second-order valence-corrected chi connectivity index (χ2v) is 6.47. The van der Waals surface area contributed by atoms with Gasteiger partial charge >= 0.3 is 0 Å². The number of hydrogen-bond donors (Lipinski definition) is 1. The van der Waals surface area contributed by atoms with Gasteiger partial charge in [0.05, 0.1) is 11.8 Å². The van der Waals surface area contributed by atoms with Gasteiger partial charge in [0.15, 0.2) is 5.65 Å². The van der Waals surface area contributed by atoms with Crippen molar-refractivity contribution in [3.05, 3.63) is 38.9 Å². The molecule has 0 radical (unpaired) electrons. The maximum absolute atomic E-state index is 12.4. The van der Waals surface area contributed by atoms with Crippen molar-refractivity contribution in [1.29, 1.82) is 0 Å². The number of H-pyrrole nitrogens is 1. The van der Waals surface area contributed by atoms with Gasteiger partial charge in [-0.15, -0.1) is 0 Å². The van der Waals surface area contributed by atoms with E-state index in [4.69, 9.17) is 0 Å². The highest BCUT2D eigenvalue weighted by Gasteiger charge is 2.24. The summed E-state index contributed by atoms with van der Waals surface area (Å²) in [6.45, 7) is 2.45. The van der Waals surface area contributed by atoms with Crippen LogP contribution in [0.4, 0.5) is 5.95 Å². The highest BCUT2D eigenvalue weighted by Crippen LogP contribution is 2.16. The van der Waals surface area contributed by atoms with E-state index in [2.05, 4.69) is 15.1 Å². The number of thiophene rings is 1. The van der Waals surface area contributed by atoms with Crippen LogP contribution in [-0.2, 0) is 7.05 Å². The number of fused-ring (bicyclic) bond motifs is 1. The molecule has 1 fully saturated rings. The van der Waals surface area contributed by atoms with Crippen molar-refractivity contribution >= 4 is 34.2 Å². The molecule has 0 bridgehead atoms. The van der Waals surface area contributed by atoms with Crippen LogP contribution < -0.4 is 10.5 Å². The predicted octanol–water partition coefficient (Wildman–Crippen LogP) is 0.681. The highest BCUT2D eigenvalue weighted by atomic mass is 32.1. The van der Waals surface area contributed by atoms with Crippen molar-refractivity contribution in [3.8, 4) is 0 Å². The molecule has 8 nitrogen and oxygen atoms in total. The van der Waals surface area contributed by atoms with E-state index in [0.29, 0.717) is 43.2 Å². The Bertz CT molecular complexity index is 937. The summed E-state index contributed by atoms with van der Waals surface area (Å²) in [5.74, 6) is 0.582. The molecular weight excluding hydrogens is 328 g/mol. The lowest BCUT2D eigenvalue weighted by Crippen LogP contribution is -2.49. The van der Waals surface area contributed by atoms with E-state index in [0.717, 1.165) is 5.56 Å². The topological polar surface area (TPSA) is 87.1 Å². The number of nitrogens with one attached hydrogen (secondary N) is 1. The summed E-state index contributed by atoms with van der Waals surface area (Å²) in [5.41, 5.74) is 1.10. The van der Waals surface area contributed by atoms with Crippen LogP contribution in [0, 0.1) is 0 Å². The number of rotatable bonds is 2. The first kappa shape index (κ1) is 14.9. The Labute approximate surface area is 141 Å². The fourth-order valence-electron chi connectivity index (χ4n) is 2.86. The van der Waals surface area contributed by atoms with E-state index in [-0.39, 0.29) is 11.5 Å². The third kappa shape index (κ3) is 2.46. The maximum atomic E-state index is 12.4. The first-order valence-electron chi connectivity index (χ1n) is 7.62. The van der Waals surface area contributed by atoms with Crippen LogP contribution in [-0.4, -0.2) is 56.7 Å². The van der Waals surface area contributed by atoms with Gasteiger partial charge < -0.3 is 9.80 Å². The molecule has 1 amide bonds. The number of nitrogens with zero attached hydrogens (tertiary/aromatic N) is 5. The third-order valence-corrected chi connectivity index (χ3v) is 4.91. The van der Waals surface area contributed by atoms with Gasteiger partial charge in [0, 0.05) is 38.6 Å². The lowest BCUT2D eigenvalue weighted by Gasteiger charge is -2.34. The predicted molar refractivity (Wildman–Crippen MR) is 91.6 cm³/mol. The molecule has 24 heavy (non-hydrogen) atoms. The van der Waals surface area contributed by atoms with Crippen molar-refractivity contribution in [1.82, 2.24) is 24.6 Å². The molecule has 0 atom stereocenters. The normalized spacial score (nSPS) is 15.2. The number of aromatic amines is 1. The van der Waals surface area contributed by atoms with Crippen molar-refractivity contribution in [2.24, 2.45) is 7.05 Å². The minimum Gasteiger partial charge on any atom is -0.339 e. The van der Waals surface area contributed by atoms with Gasteiger partial charge in [-0.3, -0.25) is 19.3 Å². The van der Waals surface area contributed by atoms with Gasteiger partial charge in [-0.1, -0.05) is 0 Å². The zero-order valence-corrected chi connectivity index (χ0v) is 13.9. The number of piperazine rings is 1. The molecule has 0 aliphatic carbocycles. The first-order chi connectivity index (χ1) is 11.6. The van der Waals surface area contributed by atoms with E-state index in [1.54, 1.807) is 11.7 Å². The van der Waals surface area contributed by atoms with Crippen LogP contribution >= 0.6 is 11.3 Å². The monoisotopic (exact) mass is 344 g/mol. The summed E-state index contributed by atoms with van der Waals surface area (Å²) >= 11 is 1.52. The molecule has 1 aliphatic rings. The highest BCUT2D eigenvalue weighted by molar-refractivity contribution is 7.08. The minimum atomic E-state index is -0.195. The molecule has 3 aromatic rings. The Morgan fingerprint density at radius 2 is 2.08 bits per heavy atom. The lowest BCUT2D eigenvalue weighted by molar-refractivity contribution is 0.0747. The second kappa shape index (κ2) is 5.75. The average molecular weight is 344 g/mol. The summed E-state index contributed by atoms with van der Waals surface area (Å²) in [7, 11) is 1.76. The number of anilines is 1. The molecule has 0 saturated carbocycles. The van der Waals surface area contributed by atoms with Crippen molar-refractivity contribution in [2.45, 2.75) is 0 Å². The van der Waals surface area contributed by atoms with E-state index >= 15 is 0 Å². The average Bonchev–Trinajstić information content (AvgIpc) is 3.25. The van der Waals surface area contributed by atoms with E-state index in [9.17, 15) is 9.59 Å². The molecule has 4 heterocycles. The summed E-state index contributed by atoms with van der Waals surface area (Å²) in [6, 6.07) is 1.84. The Morgan fingerprint density at radius 3 is 2.79 bits per heavy atom. The van der Waals surface area contributed by atoms with Crippen LogP contribution in [0.25, 0.3) is 11.0 Å². The van der Waals surface area contributed by atoms with Gasteiger partial charge in [0.1, 0.15) is 5.39 Å². The summed E-state index contributed by atoms with van der Waals surface area (Å²) in [5, 5.41) is 8.32. The number of carbonyl (C=O) groups is 1. The van der Waals surface area contributed by atoms with E-state index in [1.165, 1.54) is 17.5 Å². The van der Waals surface area contributed by atoms with E-state index in [1.807, 2.05) is 26.6 Å². The molecule has 1 saturated heterocycles. The molecule has 1 N–H and O–H groups in total. The quantitative estimate of drug-likeness (QED) is 0.739. The lowest BCUT2D eigenvalue weighted by atomic mass is 10.2. The fraction of sp³-hybridized carbons (Fsp3) is 0.333. The molecule has 124 valence electrons. The zero-order valence-electron chi connectivity index (χ0n) is 13.1. The van der Waals surface area contributed by atoms with Crippen molar-refractivity contribution in [3.63, 3.8) is 0 Å². The van der Waals surface area contributed by atoms with Crippen LogP contribution in [0.15, 0.2) is 27.8 Å². The number of aromatic nitrogens is 4. The van der Waals surface area contributed by atoms with Gasteiger partial charge in [-0.05, 0) is 11.4 Å². The van der Waals surface area contributed by atoms with Crippen LogP contribution in [0.3, 0.4) is 0 Å². The number of carbonyl (C=O) groups excluding carboxylic acids is 1. The summed E-state index contributed by atoms with van der Waals surface area (Å²) < 4.78 is 1.59. The molecular formula is C15H16N6O2S. The fourth-order valence-corrected chi connectivity index (χ4v) is 3.49. The Morgan fingerprint density at radius 1 is 1.29 bits per heavy atom. The minimum absolute atomic E-state index is 0.0550. The second-order valence-electron chi connectivity index (χ2n) is 5.69. The molecule has 4 rings (SSSR count). The first-order valence-corrected chi connectivity index (χ1v) is 8.56. The number of aryl methyl sites for hydroxylation is 1. The van der Waals surface area contributed by atoms with Gasteiger partial charge in [0.2, 0.25) is 5.95 Å². The molecule has 0 aromatic carbocycles. The Balaban J connectivity index is 1.53.